The van der Waals surface area contributed by atoms with Gasteiger partial charge in [-0.15, -0.1) is 0 Å². The third kappa shape index (κ3) is 13.8. The normalized spacial score (nSPS) is 13.8. The number of Topliss-reactive ketones (excluding diaryl/α,β-unsaturated/α-hetero) is 1. The van der Waals surface area contributed by atoms with Gasteiger partial charge in [-0.2, -0.15) is 0 Å². The number of benzene rings is 1. The van der Waals surface area contributed by atoms with E-state index in [2.05, 4.69) is 10.8 Å². The van der Waals surface area contributed by atoms with Gasteiger partial charge in [-0.25, -0.2) is 4.79 Å². The number of alkyl carbamates (subject to hydrolysis) is 1. The average molecular weight is 511 g/mol. The van der Waals surface area contributed by atoms with Crippen LogP contribution < -0.4 is 10.8 Å². The van der Waals surface area contributed by atoms with E-state index in [1.54, 1.807) is 60.6 Å². The van der Waals surface area contributed by atoms with Crippen LogP contribution in [0.15, 0.2) is 24.3 Å². The van der Waals surface area contributed by atoms with Gasteiger partial charge in [-0.3, -0.25) is 15.1 Å². The van der Waals surface area contributed by atoms with Crippen molar-refractivity contribution in [2.24, 2.45) is 5.92 Å². The van der Waals surface area contributed by atoms with Crippen molar-refractivity contribution in [3.63, 3.8) is 0 Å². The Hall–Kier alpha value is -2.12. The van der Waals surface area contributed by atoms with E-state index >= 15 is 0 Å². The quantitative estimate of drug-likeness (QED) is 0.296. The van der Waals surface area contributed by atoms with E-state index in [0.717, 1.165) is 18.4 Å². The molecule has 0 radical (unpaired) electrons. The molecule has 1 amide bonds. The highest BCUT2D eigenvalue weighted by atomic mass is 16.7. The first-order valence-electron chi connectivity index (χ1n) is 13.5. The Morgan fingerprint density at radius 1 is 0.917 bits per heavy atom. The van der Waals surface area contributed by atoms with Gasteiger partial charge in [0.2, 0.25) is 0 Å². The molecule has 1 aromatic carbocycles. The summed E-state index contributed by atoms with van der Waals surface area (Å²) in [6.45, 7) is 24.3. The molecule has 0 spiro atoms. The minimum absolute atomic E-state index is 0.117. The standard InChI is InChI=1S/C23H36N2O5.3C2H6/c1-21(2,3)29-20(27)24-18(14-19(26)16-8-9-16)15-10-12-17(13-11-15)25-30-23(6,7)22(4,5)28;3*1-2/h10-13,16,18,25,28H,8-9,14H2,1-7H3,(H,24,27);3*1-2H3. The molecular weight excluding hydrogens is 456 g/mol. The van der Waals surface area contributed by atoms with Crippen LogP contribution in [0, 0.1) is 5.92 Å². The predicted octanol–water partition coefficient (Wildman–Crippen LogP) is 7.59. The van der Waals surface area contributed by atoms with E-state index in [0.29, 0.717) is 5.69 Å². The zero-order valence-corrected chi connectivity index (χ0v) is 25.2. The van der Waals surface area contributed by atoms with E-state index in [1.807, 2.05) is 53.7 Å². The maximum absolute atomic E-state index is 12.4. The SMILES string of the molecule is CC.CC.CC.CC(C)(C)OC(=O)NC(CC(=O)C1CC1)c1ccc(NOC(C)(C)C(C)(C)O)cc1. The van der Waals surface area contributed by atoms with Crippen LogP contribution in [0.25, 0.3) is 0 Å². The van der Waals surface area contributed by atoms with Crippen LogP contribution >= 0.6 is 0 Å². The van der Waals surface area contributed by atoms with Gasteiger partial charge in [0.05, 0.1) is 17.3 Å². The molecule has 1 aromatic rings. The summed E-state index contributed by atoms with van der Waals surface area (Å²) in [5.41, 5.74) is 1.89. The fraction of sp³-hybridized carbons (Fsp3) is 0.724. The van der Waals surface area contributed by atoms with Gasteiger partial charge in [-0.05, 0) is 79.0 Å². The highest BCUT2D eigenvalue weighted by Gasteiger charge is 2.37. The van der Waals surface area contributed by atoms with Gasteiger partial charge in [0, 0.05) is 12.3 Å². The van der Waals surface area contributed by atoms with Crippen molar-refractivity contribution in [3.05, 3.63) is 29.8 Å². The number of ketones is 1. The largest absolute Gasteiger partial charge is 0.444 e. The maximum Gasteiger partial charge on any atom is 0.408 e. The summed E-state index contributed by atoms with van der Waals surface area (Å²) in [7, 11) is 0. The molecule has 7 nitrogen and oxygen atoms in total. The molecule has 210 valence electrons. The molecule has 2 rings (SSSR count). The molecule has 1 unspecified atom stereocenters. The molecule has 0 saturated heterocycles. The molecule has 1 saturated carbocycles. The van der Waals surface area contributed by atoms with E-state index in [4.69, 9.17) is 9.57 Å². The van der Waals surface area contributed by atoms with Gasteiger partial charge >= 0.3 is 6.09 Å². The van der Waals surface area contributed by atoms with Crippen molar-refractivity contribution in [2.75, 3.05) is 5.48 Å². The maximum atomic E-state index is 12.4. The first-order valence-corrected chi connectivity index (χ1v) is 13.5. The zero-order valence-electron chi connectivity index (χ0n) is 25.2. The first kappa shape index (κ1) is 36.0. The number of amides is 1. The Bertz CT molecular complexity index is 742. The van der Waals surface area contributed by atoms with E-state index in [9.17, 15) is 14.7 Å². The fourth-order valence-electron chi connectivity index (χ4n) is 2.57. The van der Waals surface area contributed by atoms with Crippen LogP contribution in [0.3, 0.4) is 0 Å². The number of hydrogen-bond donors (Lipinski definition) is 3. The molecule has 1 fully saturated rings. The summed E-state index contributed by atoms with van der Waals surface area (Å²) < 4.78 is 5.36. The number of hydrogen-bond acceptors (Lipinski definition) is 6. The number of carbonyl (C=O) groups excluding carboxylic acids is 2. The highest BCUT2D eigenvalue weighted by molar-refractivity contribution is 5.84. The number of nitrogens with one attached hydrogen (secondary N) is 2. The van der Waals surface area contributed by atoms with Crippen LogP contribution in [-0.4, -0.2) is 33.8 Å². The molecule has 0 aliphatic heterocycles. The Labute approximate surface area is 220 Å². The van der Waals surface area contributed by atoms with Crippen LogP contribution in [-0.2, 0) is 14.4 Å². The number of rotatable bonds is 9. The molecule has 0 heterocycles. The monoisotopic (exact) mass is 510 g/mol. The third-order valence-electron chi connectivity index (χ3n) is 5.34. The molecule has 1 aliphatic carbocycles. The van der Waals surface area contributed by atoms with Crippen LogP contribution in [0.4, 0.5) is 10.5 Å². The van der Waals surface area contributed by atoms with E-state index < -0.39 is 28.9 Å². The summed E-state index contributed by atoms with van der Waals surface area (Å²) in [5.74, 6) is 0.278. The molecule has 1 aliphatic rings. The van der Waals surface area contributed by atoms with Crippen molar-refractivity contribution in [1.29, 1.82) is 0 Å². The molecule has 0 bridgehead atoms. The molecular formula is C29H54N2O5. The molecule has 36 heavy (non-hydrogen) atoms. The Morgan fingerprint density at radius 2 is 1.39 bits per heavy atom. The predicted molar refractivity (Wildman–Crippen MR) is 150 cm³/mol. The minimum atomic E-state index is -1.04. The molecule has 7 heteroatoms. The second-order valence-electron chi connectivity index (χ2n) is 10.0. The Kier molecular flexibility index (Phi) is 16.6. The van der Waals surface area contributed by atoms with Crippen molar-refractivity contribution in [3.8, 4) is 0 Å². The Balaban J connectivity index is 0. The van der Waals surface area contributed by atoms with Crippen molar-refractivity contribution in [1.82, 2.24) is 5.32 Å². The topological polar surface area (TPSA) is 96.9 Å². The highest BCUT2D eigenvalue weighted by Crippen LogP contribution is 2.33. The fourth-order valence-corrected chi connectivity index (χ4v) is 2.57. The van der Waals surface area contributed by atoms with Crippen LogP contribution in [0.1, 0.15) is 121 Å². The zero-order chi connectivity index (χ0) is 28.7. The molecule has 3 N–H and O–H groups in total. The number of carbonyl (C=O) groups is 2. The number of anilines is 1. The van der Waals surface area contributed by atoms with Crippen LogP contribution in [0.5, 0.6) is 0 Å². The minimum Gasteiger partial charge on any atom is -0.444 e. The summed E-state index contributed by atoms with van der Waals surface area (Å²) >= 11 is 0. The van der Waals surface area contributed by atoms with Gasteiger partial charge in [0.25, 0.3) is 0 Å². The molecule has 0 aromatic heterocycles. The number of aliphatic hydroxyl groups is 1. The van der Waals surface area contributed by atoms with Gasteiger partial charge < -0.3 is 15.2 Å². The summed E-state index contributed by atoms with van der Waals surface area (Å²) in [4.78, 5) is 30.3. The van der Waals surface area contributed by atoms with Crippen molar-refractivity contribution in [2.45, 2.75) is 132 Å². The summed E-state index contributed by atoms with van der Waals surface area (Å²) in [6.07, 6.45) is 1.54. The second-order valence-corrected chi connectivity index (χ2v) is 10.0. The van der Waals surface area contributed by atoms with E-state index in [1.165, 1.54) is 0 Å². The van der Waals surface area contributed by atoms with Gasteiger partial charge in [0.15, 0.2) is 0 Å². The first-order chi connectivity index (χ1) is 16.7. The van der Waals surface area contributed by atoms with Crippen molar-refractivity contribution < 1.29 is 24.3 Å². The lowest BCUT2D eigenvalue weighted by Crippen LogP contribution is -2.48. The lowest BCUT2D eigenvalue weighted by atomic mass is 9.90. The lowest BCUT2D eigenvalue weighted by Gasteiger charge is -2.36. The van der Waals surface area contributed by atoms with Gasteiger partial charge in [0.1, 0.15) is 17.0 Å². The lowest BCUT2D eigenvalue weighted by molar-refractivity contribution is -0.130. The summed E-state index contributed by atoms with van der Waals surface area (Å²) in [6, 6.07) is 6.83. The average Bonchev–Trinajstić information content (AvgIpc) is 3.65. The summed E-state index contributed by atoms with van der Waals surface area (Å²) in [5, 5.41) is 13.0. The number of ether oxygens (including phenoxy) is 1. The second kappa shape index (κ2) is 16.6. The Morgan fingerprint density at radius 3 is 1.78 bits per heavy atom. The van der Waals surface area contributed by atoms with E-state index in [-0.39, 0.29) is 18.1 Å². The van der Waals surface area contributed by atoms with Crippen LogP contribution in [0.2, 0.25) is 0 Å². The van der Waals surface area contributed by atoms with Gasteiger partial charge in [-0.1, -0.05) is 53.7 Å². The third-order valence-corrected chi connectivity index (χ3v) is 5.34. The molecule has 1 atom stereocenters. The smallest absolute Gasteiger partial charge is 0.408 e. The van der Waals surface area contributed by atoms with Crippen molar-refractivity contribution >= 4 is 17.6 Å².